The summed E-state index contributed by atoms with van der Waals surface area (Å²) in [4.78, 5) is 24.6. The standard InChI is InChI=1S/C18H18N6O3S.Ag/c1-23(10-16(25)26)14-7-5-12(6-8-14)20-17(27)21-13-3-2-4-15(9-13)24-11-19-22-18(24)28;/h2-9,11H,10H2,1H3,(H,22,28)(H,25,26)(H2,20,21,27);. The average Bonchev–Trinajstić information content (AvgIpc) is 3.08. The van der Waals surface area contributed by atoms with Gasteiger partial charge < -0.3 is 20.6 Å². The predicted octanol–water partition coefficient (Wildman–Crippen LogP) is 3.09. The molecule has 0 bridgehead atoms. The molecule has 0 atom stereocenters. The molecule has 0 fully saturated rings. The fourth-order valence-corrected chi connectivity index (χ4v) is 2.76. The molecule has 11 heteroatoms. The number of nitrogens with zero attached hydrogens (tertiary/aromatic N) is 3. The summed E-state index contributed by atoms with van der Waals surface area (Å²) in [5.74, 6) is -0.914. The van der Waals surface area contributed by atoms with Crippen LogP contribution in [0.1, 0.15) is 0 Å². The zero-order valence-corrected chi connectivity index (χ0v) is 17.5. The number of urea groups is 1. The molecular weight excluding hydrogens is 488 g/mol. The van der Waals surface area contributed by atoms with Gasteiger partial charge in [-0.05, 0) is 54.7 Å². The van der Waals surface area contributed by atoms with Crippen LogP contribution in [0.5, 0.6) is 0 Å². The Morgan fingerprint density at radius 1 is 1.17 bits per heavy atom. The summed E-state index contributed by atoms with van der Waals surface area (Å²) in [5.41, 5.74) is 2.68. The van der Waals surface area contributed by atoms with Crippen LogP contribution in [0.3, 0.4) is 0 Å². The zero-order chi connectivity index (χ0) is 20.1. The van der Waals surface area contributed by atoms with Gasteiger partial charge in [0.05, 0.1) is 5.69 Å². The van der Waals surface area contributed by atoms with Gasteiger partial charge in [-0.25, -0.2) is 4.79 Å². The number of aromatic nitrogens is 3. The first-order valence-corrected chi connectivity index (χ1v) is 8.66. The van der Waals surface area contributed by atoms with Gasteiger partial charge in [0.25, 0.3) is 0 Å². The number of anilines is 3. The molecule has 1 aromatic heterocycles. The summed E-state index contributed by atoms with van der Waals surface area (Å²) in [7, 11) is 1.68. The number of H-pyrrole nitrogens is 1. The fourth-order valence-electron chi connectivity index (χ4n) is 2.55. The average molecular weight is 506 g/mol. The van der Waals surface area contributed by atoms with E-state index in [1.165, 1.54) is 0 Å². The Bertz CT molecular complexity index is 1050. The molecule has 4 N–H and O–H groups in total. The van der Waals surface area contributed by atoms with Crippen molar-refractivity contribution in [2.45, 2.75) is 0 Å². The van der Waals surface area contributed by atoms with Gasteiger partial charge in [0.15, 0.2) is 4.77 Å². The molecule has 0 saturated carbocycles. The SMILES string of the molecule is CN(CC(=O)O)c1ccc(NC(=O)Nc2cccc(-n3cn[nH]c3=S)c2)cc1.[Ag]. The summed E-state index contributed by atoms with van der Waals surface area (Å²) in [6.07, 6.45) is 1.56. The van der Waals surface area contributed by atoms with Gasteiger partial charge in [-0.3, -0.25) is 14.5 Å². The van der Waals surface area contributed by atoms with E-state index < -0.39 is 12.0 Å². The Hall–Kier alpha value is -2.92. The van der Waals surface area contributed by atoms with Crippen LogP contribution < -0.4 is 15.5 Å². The maximum Gasteiger partial charge on any atom is 0.323 e. The van der Waals surface area contributed by atoms with E-state index in [4.69, 9.17) is 17.3 Å². The third-order valence-corrected chi connectivity index (χ3v) is 4.16. The van der Waals surface area contributed by atoms with Gasteiger partial charge in [-0.2, -0.15) is 5.10 Å². The quantitative estimate of drug-likeness (QED) is 0.302. The number of hydrogen-bond donors (Lipinski definition) is 4. The molecule has 9 nitrogen and oxygen atoms in total. The first-order chi connectivity index (χ1) is 13.4. The van der Waals surface area contributed by atoms with Crippen molar-refractivity contribution in [3.63, 3.8) is 0 Å². The largest absolute Gasteiger partial charge is 0.480 e. The Morgan fingerprint density at radius 3 is 2.48 bits per heavy atom. The van der Waals surface area contributed by atoms with Gasteiger partial charge in [-0.1, -0.05) is 6.07 Å². The van der Waals surface area contributed by atoms with E-state index >= 15 is 0 Å². The van der Waals surface area contributed by atoms with Crippen molar-refractivity contribution in [2.24, 2.45) is 0 Å². The van der Waals surface area contributed by atoms with Crippen LogP contribution in [0.2, 0.25) is 0 Å². The third-order valence-electron chi connectivity index (χ3n) is 3.87. The summed E-state index contributed by atoms with van der Waals surface area (Å²) in [5, 5.41) is 20.9. The molecule has 2 amide bonds. The van der Waals surface area contributed by atoms with Gasteiger partial charge in [0.1, 0.15) is 12.9 Å². The molecule has 2 aromatic carbocycles. The van der Waals surface area contributed by atoms with Gasteiger partial charge >= 0.3 is 12.0 Å². The number of carboxylic acids is 1. The molecular formula is C18H18AgN6O3S. The van der Waals surface area contributed by atoms with Crippen molar-refractivity contribution in [1.29, 1.82) is 0 Å². The molecule has 155 valence electrons. The van der Waals surface area contributed by atoms with Crippen LogP contribution >= 0.6 is 12.2 Å². The van der Waals surface area contributed by atoms with E-state index in [2.05, 4.69) is 20.8 Å². The number of nitrogens with one attached hydrogen (secondary N) is 3. The maximum atomic E-state index is 12.3. The monoisotopic (exact) mass is 505 g/mol. The minimum absolute atomic E-state index is 0. The normalized spacial score (nSPS) is 9.97. The van der Waals surface area contributed by atoms with Crippen LogP contribution in [0.15, 0.2) is 54.9 Å². The number of rotatable bonds is 6. The van der Waals surface area contributed by atoms with Crippen LogP contribution in [0.25, 0.3) is 5.69 Å². The fraction of sp³-hybridized carbons (Fsp3) is 0.111. The molecule has 1 radical (unpaired) electrons. The molecule has 3 aromatic rings. The molecule has 0 aliphatic heterocycles. The van der Waals surface area contributed by atoms with Crippen molar-refractivity contribution in [3.05, 3.63) is 59.6 Å². The molecule has 3 rings (SSSR count). The van der Waals surface area contributed by atoms with E-state index in [0.717, 1.165) is 11.4 Å². The van der Waals surface area contributed by atoms with E-state index in [-0.39, 0.29) is 28.9 Å². The van der Waals surface area contributed by atoms with E-state index in [0.29, 0.717) is 16.1 Å². The van der Waals surface area contributed by atoms with Crippen molar-refractivity contribution in [3.8, 4) is 5.69 Å². The molecule has 0 unspecified atom stereocenters. The number of aliphatic carboxylic acids is 1. The van der Waals surface area contributed by atoms with E-state index in [1.54, 1.807) is 65.3 Å². The molecule has 0 aliphatic rings. The molecule has 1 heterocycles. The summed E-state index contributed by atoms with van der Waals surface area (Å²) in [6.45, 7) is -0.107. The number of hydrogen-bond acceptors (Lipinski definition) is 5. The Labute approximate surface area is 187 Å². The first kappa shape index (κ1) is 22.4. The van der Waals surface area contributed by atoms with Gasteiger partial charge in [0.2, 0.25) is 0 Å². The molecule has 0 aliphatic carbocycles. The molecule has 0 saturated heterocycles. The number of carboxylic acid groups (broad SMARTS) is 1. The molecule has 0 spiro atoms. The summed E-state index contributed by atoms with van der Waals surface area (Å²) >= 11 is 5.15. The minimum atomic E-state index is -0.914. The Balaban J connectivity index is 0.00000300. The van der Waals surface area contributed by atoms with Crippen molar-refractivity contribution < 1.29 is 37.1 Å². The second-order valence-electron chi connectivity index (χ2n) is 5.96. The maximum absolute atomic E-state index is 12.3. The third kappa shape index (κ3) is 6.03. The Kier molecular flexibility index (Phi) is 7.74. The summed E-state index contributed by atoms with van der Waals surface area (Å²) in [6, 6.07) is 13.7. The van der Waals surface area contributed by atoms with E-state index in [1.807, 2.05) is 6.07 Å². The van der Waals surface area contributed by atoms with Crippen LogP contribution in [0, 0.1) is 4.77 Å². The first-order valence-electron chi connectivity index (χ1n) is 8.26. The Morgan fingerprint density at radius 2 is 1.86 bits per heavy atom. The summed E-state index contributed by atoms with van der Waals surface area (Å²) < 4.78 is 2.14. The predicted molar refractivity (Wildman–Crippen MR) is 109 cm³/mol. The van der Waals surface area contributed by atoms with Crippen molar-refractivity contribution in [2.75, 3.05) is 29.1 Å². The second kappa shape index (κ2) is 10.0. The second-order valence-corrected chi connectivity index (χ2v) is 6.34. The smallest absolute Gasteiger partial charge is 0.323 e. The number of carbonyl (C=O) groups is 2. The van der Waals surface area contributed by atoms with E-state index in [9.17, 15) is 9.59 Å². The van der Waals surface area contributed by atoms with Crippen LogP contribution in [-0.2, 0) is 27.2 Å². The number of amides is 2. The number of likely N-dealkylation sites (N-methyl/N-ethyl adjacent to an activating group) is 1. The van der Waals surface area contributed by atoms with Crippen molar-refractivity contribution >= 4 is 41.3 Å². The number of carbonyl (C=O) groups excluding carboxylic acids is 1. The van der Waals surface area contributed by atoms with Crippen molar-refractivity contribution in [1.82, 2.24) is 14.8 Å². The minimum Gasteiger partial charge on any atom is -0.480 e. The molecule has 29 heavy (non-hydrogen) atoms. The topological polar surface area (TPSA) is 115 Å². The van der Waals surface area contributed by atoms with Gasteiger partial charge in [0, 0.05) is 46.5 Å². The van der Waals surface area contributed by atoms with Crippen LogP contribution in [-0.4, -0.2) is 45.5 Å². The van der Waals surface area contributed by atoms with Gasteiger partial charge in [-0.15, -0.1) is 0 Å². The zero-order valence-electron chi connectivity index (χ0n) is 15.2. The number of benzene rings is 2. The number of aromatic amines is 1. The van der Waals surface area contributed by atoms with Crippen LogP contribution in [0.4, 0.5) is 21.9 Å².